The van der Waals surface area contributed by atoms with Gasteiger partial charge in [-0.05, 0) is 25.7 Å². The lowest BCUT2D eigenvalue weighted by atomic mass is 10.0. The van der Waals surface area contributed by atoms with E-state index in [1.54, 1.807) is 0 Å². The molecule has 1 rings (SSSR count). The fourth-order valence-corrected chi connectivity index (χ4v) is 7.30. The summed E-state index contributed by atoms with van der Waals surface area (Å²) in [6.07, 6.45) is 34.1. The molecule has 10 heteroatoms. The van der Waals surface area contributed by atoms with Crippen molar-refractivity contribution in [3.63, 3.8) is 0 Å². The molecule has 0 radical (unpaired) electrons. The third kappa shape index (κ3) is 32.9. The van der Waals surface area contributed by atoms with E-state index in [9.17, 15) is 14.3 Å². The number of unbranched alkanes of at least 4 members (excludes halogenated alkanes) is 22. The highest BCUT2D eigenvalue weighted by molar-refractivity contribution is 7.45. The summed E-state index contributed by atoms with van der Waals surface area (Å²) in [6.45, 7) is 5.41. The lowest BCUT2D eigenvalue weighted by Gasteiger charge is -2.28. The van der Waals surface area contributed by atoms with E-state index in [0.29, 0.717) is 36.3 Å². The van der Waals surface area contributed by atoms with Crippen LogP contribution < -0.4 is 4.89 Å². The predicted molar refractivity (Wildman–Crippen MR) is 212 cm³/mol. The number of hydrogen-bond donors (Lipinski definition) is 0. The molecule has 0 saturated carbocycles. The summed E-state index contributed by atoms with van der Waals surface area (Å²) in [5, 5.41) is 0. The summed E-state index contributed by atoms with van der Waals surface area (Å²) in [5.74, 6) is -0.339. The summed E-state index contributed by atoms with van der Waals surface area (Å²) < 4.78 is 40.4. The van der Waals surface area contributed by atoms with Crippen LogP contribution in [0.15, 0.2) is 0 Å². The van der Waals surface area contributed by atoms with E-state index in [2.05, 4.69) is 13.8 Å². The average molecular weight is 762 g/mol. The van der Waals surface area contributed by atoms with E-state index in [1.165, 1.54) is 141 Å². The van der Waals surface area contributed by atoms with Crippen LogP contribution in [0.1, 0.15) is 194 Å². The third-order valence-corrected chi connectivity index (χ3v) is 11.0. The van der Waals surface area contributed by atoms with E-state index in [-0.39, 0.29) is 25.8 Å². The Bertz CT molecular complexity index is 869. The van der Waals surface area contributed by atoms with Crippen LogP contribution in [0.3, 0.4) is 0 Å². The van der Waals surface area contributed by atoms with Crippen molar-refractivity contribution in [1.29, 1.82) is 0 Å². The zero-order valence-corrected chi connectivity index (χ0v) is 35.6. The number of esters is 1. The number of nitrogens with zero attached hydrogens (tertiary/aromatic N) is 1. The molecule has 1 fully saturated rings. The average Bonchev–Trinajstić information content (AvgIpc) is 3.85. The van der Waals surface area contributed by atoms with Gasteiger partial charge >= 0.3 is 5.97 Å². The highest BCUT2D eigenvalue weighted by Crippen LogP contribution is 2.38. The second kappa shape index (κ2) is 32.7. The van der Waals surface area contributed by atoms with Crippen LogP contribution in [0.4, 0.5) is 0 Å². The van der Waals surface area contributed by atoms with Gasteiger partial charge in [0.2, 0.25) is 0 Å². The van der Waals surface area contributed by atoms with Crippen LogP contribution in [0.25, 0.3) is 0 Å². The van der Waals surface area contributed by atoms with Crippen LogP contribution in [0.5, 0.6) is 0 Å². The molecule has 1 saturated heterocycles. The van der Waals surface area contributed by atoms with Gasteiger partial charge in [-0.3, -0.25) is 9.36 Å². The minimum atomic E-state index is -4.52. The highest BCUT2D eigenvalue weighted by Gasteiger charge is 2.36. The van der Waals surface area contributed by atoms with Crippen LogP contribution in [-0.2, 0) is 32.6 Å². The first-order valence-electron chi connectivity index (χ1n) is 21.9. The molecule has 0 spiro atoms. The Morgan fingerprint density at radius 1 is 0.615 bits per heavy atom. The topological polar surface area (TPSA) is 107 Å². The number of rotatable bonds is 40. The largest absolute Gasteiger partial charge is 0.756 e. The fourth-order valence-electron chi connectivity index (χ4n) is 6.57. The summed E-state index contributed by atoms with van der Waals surface area (Å²) in [6, 6.07) is 0. The number of phosphoric acid groups is 1. The van der Waals surface area contributed by atoms with Gasteiger partial charge in [-0.1, -0.05) is 162 Å². The van der Waals surface area contributed by atoms with E-state index in [0.717, 1.165) is 32.1 Å². The Kier molecular flexibility index (Phi) is 31.1. The molecule has 0 aromatic heterocycles. The summed E-state index contributed by atoms with van der Waals surface area (Å²) in [4.78, 5) is 25.0. The molecule has 1 heterocycles. The summed E-state index contributed by atoms with van der Waals surface area (Å²) in [7, 11) is 1.36. The first-order valence-corrected chi connectivity index (χ1v) is 23.4. The molecule has 4 unspecified atom stereocenters. The smallest absolute Gasteiger partial charge is 0.306 e. The number of carbonyl (C=O) groups is 1. The third-order valence-electron chi connectivity index (χ3n) is 10.1. The predicted octanol–water partition coefficient (Wildman–Crippen LogP) is 10.9. The van der Waals surface area contributed by atoms with Crippen molar-refractivity contribution in [3.8, 4) is 0 Å². The zero-order chi connectivity index (χ0) is 38.2. The molecule has 0 amide bonds. The maximum atomic E-state index is 12.7. The van der Waals surface area contributed by atoms with Crippen molar-refractivity contribution < 1.29 is 42.0 Å². The van der Waals surface area contributed by atoms with Crippen molar-refractivity contribution in [3.05, 3.63) is 0 Å². The zero-order valence-electron chi connectivity index (χ0n) is 34.7. The van der Waals surface area contributed by atoms with Crippen LogP contribution >= 0.6 is 7.82 Å². The Morgan fingerprint density at radius 2 is 1.06 bits per heavy atom. The van der Waals surface area contributed by atoms with E-state index in [4.69, 9.17) is 23.3 Å². The number of phosphoric ester groups is 1. The molecule has 310 valence electrons. The van der Waals surface area contributed by atoms with Gasteiger partial charge in [0.05, 0.1) is 46.6 Å². The Morgan fingerprint density at radius 3 is 1.56 bits per heavy atom. The van der Waals surface area contributed by atoms with Crippen LogP contribution in [-0.4, -0.2) is 82.9 Å². The van der Waals surface area contributed by atoms with E-state index < -0.39 is 13.9 Å². The molecule has 1 aliphatic rings. The molecular weight excluding hydrogens is 677 g/mol. The second-order valence-corrected chi connectivity index (χ2v) is 17.9. The van der Waals surface area contributed by atoms with Crippen LogP contribution in [0.2, 0.25) is 0 Å². The van der Waals surface area contributed by atoms with Crippen LogP contribution in [0, 0.1) is 0 Å². The SMILES string of the molecule is CCCCCCCCCCCCCCCCOCC(COP(=O)([O-])OCC[N+](C)(C)C)OC(=O)CCCCCCCCCC1OC1CCCCCC. The van der Waals surface area contributed by atoms with Gasteiger partial charge in [0.15, 0.2) is 0 Å². The maximum Gasteiger partial charge on any atom is 0.306 e. The molecule has 52 heavy (non-hydrogen) atoms. The lowest BCUT2D eigenvalue weighted by Crippen LogP contribution is -2.37. The van der Waals surface area contributed by atoms with Crippen molar-refractivity contribution in [2.45, 2.75) is 212 Å². The van der Waals surface area contributed by atoms with Gasteiger partial charge in [-0.2, -0.15) is 0 Å². The van der Waals surface area contributed by atoms with Gasteiger partial charge in [0.25, 0.3) is 7.82 Å². The Balaban J connectivity index is 2.20. The van der Waals surface area contributed by atoms with Gasteiger partial charge in [-0.15, -0.1) is 0 Å². The molecule has 0 aromatic carbocycles. The molecule has 1 aliphatic heterocycles. The first-order chi connectivity index (χ1) is 25.1. The molecule has 0 N–H and O–H groups in total. The van der Waals surface area contributed by atoms with E-state index >= 15 is 0 Å². The number of likely N-dealkylation sites (N-methyl/N-ethyl adjacent to an activating group) is 1. The second-order valence-electron chi connectivity index (χ2n) is 16.4. The highest BCUT2D eigenvalue weighted by atomic mass is 31.2. The Hall–Kier alpha value is -0.540. The minimum absolute atomic E-state index is 0.0267. The molecule has 9 nitrogen and oxygen atoms in total. The fraction of sp³-hybridized carbons (Fsp3) is 0.976. The van der Waals surface area contributed by atoms with Gasteiger partial charge in [0, 0.05) is 13.0 Å². The maximum absolute atomic E-state index is 12.7. The molecular formula is C42H84NO8P. The number of ether oxygens (including phenoxy) is 3. The summed E-state index contributed by atoms with van der Waals surface area (Å²) >= 11 is 0. The monoisotopic (exact) mass is 762 g/mol. The van der Waals surface area contributed by atoms with Crippen molar-refractivity contribution >= 4 is 13.8 Å². The first kappa shape index (κ1) is 49.5. The van der Waals surface area contributed by atoms with Gasteiger partial charge in [0.1, 0.15) is 19.3 Å². The number of epoxide rings is 1. The number of carbonyl (C=O) groups excluding carboxylic acids is 1. The molecule has 0 aliphatic carbocycles. The normalized spacial score (nSPS) is 17.7. The molecule has 0 bridgehead atoms. The summed E-state index contributed by atoms with van der Waals surface area (Å²) in [5.41, 5.74) is 0. The van der Waals surface area contributed by atoms with Crippen molar-refractivity contribution in [2.24, 2.45) is 0 Å². The van der Waals surface area contributed by atoms with E-state index in [1.807, 2.05) is 21.1 Å². The van der Waals surface area contributed by atoms with Crippen molar-refractivity contribution in [1.82, 2.24) is 0 Å². The number of quaternary nitrogens is 1. The van der Waals surface area contributed by atoms with Crippen molar-refractivity contribution in [2.75, 3.05) is 54.1 Å². The standard InChI is InChI=1S/C42H84NO8P/c1-6-8-10-12-13-14-15-16-17-18-19-23-26-30-35-47-37-39(38-49-52(45,46)48-36-34-43(3,4)5)50-42(44)33-29-25-22-20-21-24-28-32-41-40(51-41)31-27-11-9-7-2/h39-41H,6-38H2,1-5H3. The lowest BCUT2D eigenvalue weighted by molar-refractivity contribution is -0.870. The molecule has 4 atom stereocenters. The van der Waals surface area contributed by atoms with Gasteiger partial charge in [-0.25, -0.2) is 0 Å². The number of hydrogen-bond acceptors (Lipinski definition) is 8. The minimum Gasteiger partial charge on any atom is -0.756 e. The van der Waals surface area contributed by atoms with Gasteiger partial charge < -0.3 is 32.6 Å². The Labute approximate surface area is 321 Å². The molecule has 0 aromatic rings. The quantitative estimate of drug-likeness (QED) is 0.0200.